The van der Waals surface area contributed by atoms with E-state index in [9.17, 15) is 0 Å². The van der Waals surface area contributed by atoms with Crippen molar-refractivity contribution in [2.24, 2.45) is 0 Å². The van der Waals surface area contributed by atoms with Crippen LogP contribution in [0.3, 0.4) is 0 Å². The average molecular weight is 220 g/mol. The summed E-state index contributed by atoms with van der Waals surface area (Å²) in [5.74, 6) is 0.817. The van der Waals surface area contributed by atoms with Crippen LogP contribution in [-0.4, -0.2) is 25.6 Å². The summed E-state index contributed by atoms with van der Waals surface area (Å²) in [6.45, 7) is 6.94. The molecule has 16 heavy (non-hydrogen) atoms. The molecule has 0 amide bonds. The van der Waals surface area contributed by atoms with Crippen LogP contribution in [-0.2, 0) is 9.47 Å². The van der Waals surface area contributed by atoms with Crippen LogP contribution in [0.5, 0.6) is 5.75 Å². The van der Waals surface area contributed by atoms with E-state index in [1.54, 1.807) is 6.08 Å². The lowest BCUT2D eigenvalue weighted by atomic mass is 10.2. The van der Waals surface area contributed by atoms with E-state index in [1.165, 1.54) is 0 Å². The Hall–Kier alpha value is -1.32. The van der Waals surface area contributed by atoms with Crippen LogP contribution < -0.4 is 4.74 Å². The molecule has 1 fully saturated rings. The smallest absolute Gasteiger partial charge is 0.194 e. The molecule has 2 rings (SSSR count). The molecule has 0 N–H and O–H groups in total. The van der Waals surface area contributed by atoms with Crippen molar-refractivity contribution < 1.29 is 14.2 Å². The lowest BCUT2D eigenvalue weighted by Gasteiger charge is -2.19. The lowest BCUT2D eigenvalue weighted by molar-refractivity contribution is -0.104. The Morgan fingerprint density at radius 1 is 1.31 bits per heavy atom. The highest BCUT2D eigenvalue weighted by atomic mass is 16.7. The zero-order chi connectivity index (χ0) is 11.4. The van der Waals surface area contributed by atoms with Gasteiger partial charge in [0.2, 0.25) is 0 Å². The van der Waals surface area contributed by atoms with E-state index in [1.807, 2.05) is 31.2 Å². The third-order valence-corrected chi connectivity index (χ3v) is 2.47. The molecule has 0 spiro atoms. The topological polar surface area (TPSA) is 27.7 Å². The quantitative estimate of drug-likeness (QED) is 0.780. The molecule has 0 radical (unpaired) electrons. The predicted octanol–water partition coefficient (Wildman–Crippen LogP) is 2.47. The Kier molecular flexibility index (Phi) is 3.59. The van der Waals surface area contributed by atoms with Crippen molar-refractivity contribution in [1.29, 1.82) is 0 Å². The van der Waals surface area contributed by atoms with Gasteiger partial charge < -0.3 is 14.2 Å². The van der Waals surface area contributed by atoms with E-state index in [2.05, 4.69) is 6.58 Å². The first kappa shape index (κ1) is 11.2. The second kappa shape index (κ2) is 5.14. The third-order valence-electron chi connectivity index (χ3n) is 2.47. The highest BCUT2D eigenvalue weighted by Gasteiger charge is 2.24. The van der Waals surface area contributed by atoms with Crippen LogP contribution in [0.4, 0.5) is 0 Å². The molecule has 1 heterocycles. The van der Waals surface area contributed by atoms with Gasteiger partial charge in [0, 0.05) is 0 Å². The molecule has 0 aliphatic carbocycles. The van der Waals surface area contributed by atoms with E-state index >= 15 is 0 Å². The first-order valence-corrected chi connectivity index (χ1v) is 5.42. The highest BCUT2D eigenvalue weighted by molar-refractivity contribution is 5.48. The van der Waals surface area contributed by atoms with E-state index < -0.39 is 0 Å². The molecular formula is C13H16O3. The Morgan fingerprint density at radius 2 is 1.94 bits per heavy atom. The molecule has 0 saturated carbocycles. The van der Waals surface area contributed by atoms with Crippen LogP contribution in [0.25, 0.3) is 6.08 Å². The second-order valence-electron chi connectivity index (χ2n) is 3.71. The molecule has 86 valence electrons. The number of hydrogen-bond donors (Lipinski definition) is 0. The SMILES string of the molecule is C=Cc1ccc(OC(C)C2OCCO2)cc1. The lowest BCUT2D eigenvalue weighted by Crippen LogP contribution is -2.29. The number of hydrogen-bond acceptors (Lipinski definition) is 3. The van der Waals surface area contributed by atoms with Gasteiger partial charge in [-0.15, -0.1) is 0 Å². The molecule has 3 nitrogen and oxygen atoms in total. The first-order chi connectivity index (χ1) is 7.79. The molecule has 1 aliphatic heterocycles. The summed E-state index contributed by atoms with van der Waals surface area (Å²) in [5, 5.41) is 0. The van der Waals surface area contributed by atoms with Crippen LogP contribution in [0, 0.1) is 0 Å². The van der Waals surface area contributed by atoms with Gasteiger partial charge in [0.1, 0.15) is 11.9 Å². The van der Waals surface area contributed by atoms with Gasteiger partial charge in [-0.05, 0) is 24.6 Å². The first-order valence-electron chi connectivity index (χ1n) is 5.42. The Bertz CT molecular complexity index is 339. The minimum Gasteiger partial charge on any atom is -0.485 e. The molecule has 0 aromatic heterocycles. The minimum atomic E-state index is -0.251. The number of benzene rings is 1. The maximum Gasteiger partial charge on any atom is 0.194 e. The molecule has 1 saturated heterocycles. The fourth-order valence-corrected chi connectivity index (χ4v) is 1.60. The Labute approximate surface area is 95.6 Å². The highest BCUT2D eigenvalue weighted by Crippen LogP contribution is 2.18. The summed E-state index contributed by atoms with van der Waals surface area (Å²) in [6.07, 6.45) is 1.45. The summed E-state index contributed by atoms with van der Waals surface area (Å²) in [6, 6.07) is 7.77. The van der Waals surface area contributed by atoms with Gasteiger partial charge in [-0.2, -0.15) is 0 Å². The van der Waals surface area contributed by atoms with E-state index in [-0.39, 0.29) is 12.4 Å². The van der Waals surface area contributed by atoms with Gasteiger partial charge in [-0.1, -0.05) is 24.8 Å². The molecule has 1 aromatic carbocycles. The van der Waals surface area contributed by atoms with E-state index in [0.29, 0.717) is 13.2 Å². The van der Waals surface area contributed by atoms with Gasteiger partial charge in [0.05, 0.1) is 13.2 Å². The summed E-state index contributed by atoms with van der Waals surface area (Å²) in [4.78, 5) is 0. The predicted molar refractivity (Wildman–Crippen MR) is 62.3 cm³/mol. The van der Waals surface area contributed by atoms with Crippen molar-refractivity contribution in [3.05, 3.63) is 36.4 Å². The van der Waals surface area contributed by atoms with Crippen molar-refractivity contribution in [2.75, 3.05) is 13.2 Å². The number of ether oxygens (including phenoxy) is 3. The standard InChI is InChI=1S/C13H16O3/c1-3-11-4-6-12(7-5-11)16-10(2)13-14-8-9-15-13/h3-7,10,13H,1,8-9H2,2H3. The Morgan fingerprint density at radius 3 is 2.50 bits per heavy atom. The normalized spacial score (nSPS) is 18.3. The molecule has 1 unspecified atom stereocenters. The molecule has 0 bridgehead atoms. The molecule has 3 heteroatoms. The minimum absolute atomic E-state index is 0.0999. The van der Waals surface area contributed by atoms with E-state index in [0.717, 1.165) is 11.3 Å². The van der Waals surface area contributed by atoms with Crippen molar-refractivity contribution in [2.45, 2.75) is 19.3 Å². The maximum absolute atomic E-state index is 5.71. The van der Waals surface area contributed by atoms with Crippen LogP contribution in [0.15, 0.2) is 30.8 Å². The summed E-state index contributed by atoms with van der Waals surface area (Å²) >= 11 is 0. The molecule has 1 aliphatic rings. The zero-order valence-electron chi connectivity index (χ0n) is 9.39. The Balaban J connectivity index is 1.94. The fraction of sp³-hybridized carbons (Fsp3) is 0.385. The van der Waals surface area contributed by atoms with Crippen LogP contribution >= 0.6 is 0 Å². The molecular weight excluding hydrogens is 204 g/mol. The van der Waals surface area contributed by atoms with E-state index in [4.69, 9.17) is 14.2 Å². The fourth-order valence-electron chi connectivity index (χ4n) is 1.60. The largest absolute Gasteiger partial charge is 0.485 e. The monoisotopic (exact) mass is 220 g/mol. The van der Waals surface area contributed by atoms with Gasteiger partial charge in [-0.3, -0.25) is 0 Å². The van der Waals surface area contributed by atoms with Crippen molar-refractivity contribution >= 4 is 6.08 Å². The third kappa shape index (κ3) is 2.62. The summed E-state index contributed by atoms with van der Waals surface area (Å²) in [7, 11) is 0. The van der Waals surface area contributed by atoms with Gasteiger partial charge in [0.15, 0.2) is 6.29 Å². The van der Waals surface area contributed by atoms with Gasteiger partial charge in [-0.25, -0.2) is 0 Å². The summed E-state index contributed by atoms with van der Waals surface area (Å²) < 4.78 is 16.5. The van der Waals surface area contributed by atoms with Gasteiger partial charge >= 0.3 is 0 Å². The molecule has 1 aromatic rings. The van der Waals surface area contributed by atoms with Gasteiger partial charge in [0.25, 0.3) is 0 Å². The summed E-state index contributed by atoms with van der Waals surface area (Å²) in [5.41, 5.74) is 1.08. The number of rotatable bonds is 4. The van der Waals surface area contributed by atoms with Crippen molar-refractivity contribution in [3.63, 3.8) is 0 Å². The van der Waals surface area contributed by atoms with Crippen LogP contribution in [0.2, 0.25) is 0 Å². The second-order valence-corrected chi connectivity index (χ2v) is 3.71. The van der Waals surface area contributed by atoms with Crippen LogP contribution in [0.1, 0.15) is 12.5 Å². The zero-order valence-corrected chi connectivity index (χ0v) is 9.39. The van der Waals surface area contributed by atoms with Crippen molar-refractivity contribution in [3.8, 4) is 5.75 Å². The molecule has 1 atom stereocenters. The van der Waals surface area contributed by atoms with Crippen molar-refractivity contribution in [1.82, 2.24) is 0 Å². The maximum atomic E-state index is 5.71. The average Bonchev–Trinajstić information content (AvgIpc) is 2.83.